The number of pyridine rings is 1. The molecule has 0 saturated carbocycles. The van der Waals surface area contributed by atoms with Gasteiger partial charge in [-0.15, -0.1) is 0 Å². The van der Waals surface area contributed by atoms with Crippen LogP contribution in [0.3, 0.4) is 0 Å². The number of aromatic nitrogens is 1. The van der Waals surface area contributed by atoms with E-state index in [1.54, 1.807) is 50.9 Å². The lowest BCUT2D eigenvalue weighted by Gasteiger charge is -2.18. The number of rotatable bonds is 5. The molecule has 1 aromatic heterocycles. The van der Waals surface area contributed by atoms with Gasteiger partial charge in [-0.2, -0.15) is 0 Å². The zero-order valence-electron chi connectivity index (χ0n) is 11.7. The Bertz CT molecular complexity index is 586. The lowest BCUT2D eigenvalue weighted by atomic mass is 10.0. The molecule has 2 aromatic rings. The Morgan fingerprint density at radius 1 is 0.950 bits per heavy atom. The van der Waals surface area contributed by atoms with Crippen molar-refractivity contribution in [3.8, 4) is 17.2 Å². The normalized spacial score (nSPS) is 11.8. The molecular weight excluding hydrogens is 258 g/mol. The molecule has 0 aliphatic carbocycles. The quantitative estimate of drug-likeness (QED) is 0.906. The van der Waals surface area contributed by atoms with Crippen LogP contribution in [0.15, 0.2) is 36.7 Å². The molecule has 0 aliphatic heterocycles. The number of hydrogen-bond acceptors (Lipinski definition) is 5. The highest BCUT2D eigenvalue weighted by Gasteiger charge is 2.20. The van der Waals surface area contributed by atoms with E-state index in [2.05, 4.69) is 4.98 Å². The van der Waals surface area contributed by atoms with Crippen molar-refractivity contribution in [2.75, 3.05) is 21.3 Å². The van der Waals surface area contributed by atoms with Crippen LogP contribution < -0.4 is 14.2 Å². The van der Waals surface area contributed by atoms with Gasteiger partial charge in [-0.1, -0.05) is 0 Å². The summed E-state index contributed by atoms with van der Waals surface area (Å²) in [6.45, 7) is 0. The molecule has 1 heterocycles. The van der Waals surface area contributed by atoms with Crippen LogP contribution in [0.2, 0.25) is 0 Å². The van der Waals surface area contributed by atoms with Crippen molar-refractivity contribution < 1.29 is 19.3 Å². The van der Waals surface area contributed by atoms with E-state index in [4.69, 9.17) is 14.2 Å². The molecule has 0 aliphatic rings. The smallest absolute Gasteiger partial charge is 0.143 e. The maximum atomic E-state index is 10.6. The highest BCUT2D eigenvalue weighted by atomic mass is 16.5. The first-order chi connectivity index (χ1) is 9.71. The fourth-order valence-corrected chi connectivity index (χ4v) is 2.01. The van der Waals surface area contributed by atoms with Crippen molar-refractivity contribution >= 4 is 0 Å². The van der Waals surface area contributed by atoms with Gasteiger partial charge in [0, 0.05) is 17.3 Å². The van der Waals surface area contributed by atoms with Crippen molar-refractivity contribution in [3.63, 3.8) is 0 Å². The molecule has 1 unspecified atom stereocenters. The van der Waals surface area contributed by atoms with Crippen molar-refractivity contribution in [2.45, 2.75) is 6.10 Å². The zero-order valence-corrected chi connectivity index (χ0v) is 11.7. The van der Waals surface area contributed by atoms with Gasteiger partial charge in [-0.3, -0.25) is 4.98 Å². The van der Waals surface area contributed by atoms with Gasteiger partial charge >= 0.3 is 0 Å². The second-order valence-electron chi connectivity index (χ2n) is 4.13. The molecule has 0 fully saturated rings. The number of nitrogens with zero attached hydrogens (tertiary/aromatic N) is 1. The summed E-state index contributed by atoms with van der Waals surface area (Å²) >= 11 is 0. The minimum absolute atomic E-state index is 0.518. The van der Waals surface area contributed by atoms with Crippen LogP contribution in [0.25, 0.3) is 0 Å². The maximum absolute atomic E-state index is 10.6. The first-order valence-corrected chi connectivity index (χ1v) is 6.09. The summed E-state index contributed by atoms with van der Waals surface area (Å²) < 4.78 is 15.7. The number of ether oxygens (including phenoxy) is 3. The minimum Gasteiger partial charge on any atom is -0.497 e. The zero-order chi connectivity index (χ0) is 14.5. The molecule has 1 N–H and O–H groups in total. The van der Waals surface area contributed by atoms with Gasteiger partial charge < -0.3 is 19.3 Å². The second-order valence-corrected chi connectivity index (χ2v) is 4.13. The third-order valence-electron chi connectivity index (χ3n) is 3.06. The largest absolute Gasteiger partial charge is 0.497 e. The van der Waals surface area contributed by atoms with Gasteiger partial charge in [-0.05, 0) is 24.3 Å². The topological polar surface area (TPSA) is 60.8 Å². The second kappa shape index (κ2) is 6.25. The molecule has 20 heavy (non-hydrogen) atoms. The average molecular weight is 275 g/mol. The molecule has 1 aromatic carbocycles. The van der Waals surface area contributed by atoms with Crippen LogP contribution in [0, 0.1) is 0 Å². The van der Waals surface area contributed by atoms with Crippen LogP contribution in [0.1, 0.15) is 17.2 Å². The number of aliphatic hydroxyl groups is 1. The molecule has 0 bridgehead atoms. The highest BCUT2D eigenvalue weighted by molar-refractivity contribution is 5.47. The third-order valence-corrected chi connectivity index (χ3v) is 3.06. The molecule has 106 valence electrons. The van der Waals surface area contributed by atoms with Gasteiger partial charge in [0.25, 0.3) is 0 Å². The number of benzene rings is 1. The summed E-state index contributed by atoms with van der Waals surface area (Å²) in [5.74, 6) is 1.75. The lowest BCUT2D eigenvalue weighted by Crippen LogP contribution is -2.05. The predicted octanol–water partition coefficient (Wildman–Crippen LogP) is 2.19. The van der Waals surface area contributed by atoms with E-state index >= 15 is 0 Å². The summed E-state index contributed by atoms with van der Waals surface area (Å²) in [5.41, 5.74) is 1.23. The molecule has 5 heteroatoms. The Kier molecular flexibility index (Phi) is 4.42. The molecule has 0 spiro atoms. The van der Waals surface area contributed by atoms with Crippen molar-refractivity contribution in [1.29, 1.82) is 0 Å². The first kappa shape index (κ1) is 14.1. The van der Waals surface area contributed by atoms with Crippen LogP contribution in [0.4, 0.5) is 0 Å². The summed E-state index contributed by atoms with van der Waals surface area (Å²) in [6, 6.07) is 6.98. The maximum Gasteiger partial charge on any atom is 0.143 e. The lowest BCUT2D eigenvalue weighted by molar-refractivity contribution is 0.208. The summed E-state index contributed by atoms with van der Waals surface area (Å²) in [5, 5.41) is 10.6. The van der Waals surface area contributed by atoms with E-state index < -0.39 is 6.10 Å². The minimum atomic E-state index is -0.891. The van der Waals surface area contributed by atoms with Crippen molar-refractivity contribution in [1.82, 2.24) is 4.98 Å². The molecule has 0 saturated heterocycles. The standard InChI is InChI=1S/C15H17NO4/c1-18-10-4-5-13(19-2)12(8-10)15(17)11-6-7-16-9-14(11)20-3/h4-9,15,17H,1-3H3. The number of aliphatic hydroxyl groups excluding tert-OH is 1. The van der Waals surface area contributed by atoms with E-state index in [9.17, 15) is 5.11 Å². The Balaban J connectivity index is 2.49. The van der Waals surface area contributed by atoms with E-state index in [0.717, 1.165) is 0 Å². The molecular formula is C15H17NO4. The van der Waals surface area contributed by atoms with Crippen LogP contribution >= 0.6 is 0 Å². The summed E-state index contributed by atoms with van der Waals surface area (Å²) in [4.78, 5) is 3.98. The Morgan fingerprint density at radius 3 is 2.35 bits per heavy atom. The Labute approximate surface area is 117 Å². The summed E-state index contributed by atoms with van der Waals surface area (Å²) in [6.07, 6.45) is 2.27. The van der Waals surface area contributed by atoms with Crippen LogP contribution in [-0.4, -0.2) is 31.4 Å². The number of methoxy groups -OCH3 is 3. The Hall–Kier alpha value is -2.27. The number of hydrogen-bond donors (Lipinski definition) is 1. The van der Waals surface area contributed by atoms with E-state index in [0.29, 0.717) is 28.4 Å². The fraction of sp³-hybridized carbons (Fsp3) is 0.267. The molecule has 0 radical (unpaired) electrons. The highest BCUT2D eigenvalue weighted by Crippen LogP contribution is 2.36. The van der Waals surface area contributed by atoms with E-state index in [1.807, 2.05) is 0 Å². The van der Waals surface area contributed by atoms with Crippen LogP contribution in [-0.2, 0) is 0 Å². The van der Waals surface area contributed by atoms with Gasteiger partial charge in [0.1, 0.15) is 23.4 Å². The molecule has 1 atom stereocenters. The summed E-state index contributed by atoms with van der Waals surface area (Å²) in [7, 11) is 4.67. The molecule has 2 rings (SSSR count). The van der Waals surface area contributed by atoms with Gasteiger partial charge in [0.05, 0.1) is 27.5 Å². The first-order valence-electron chi connectivity index (χ1n) is 6.09. The van der Waals surface area contributed by atoms with Crippen molar-refractivity contribution in [3.05, 3.63) is 47.8 Å². The monoisotopic (exact) mass is 275 g/mol. The third kappa shape index (κ3) is 2.67. The Morgan fingerprint density at radius 2 is 1.70 bits per heavy atom. The molecule has 0 amide bonds. The van der Waals surface area contributed by atoms with Gasteiger partial charge in [0.15, 0.2) is 0 Å². The van der Waals surface area contributed by atoms with Crippen molar-refractivity contribution in [2.24, 2.45) is 0 Å². The van der Waals surface area contributed by atoms with Crippen LogP contribution in [0.5, 0.6) is 17.2 Å². The fourth-order valence-electron chi connectivity index (χ4n) is 2.01. The SMILES string of the molecule is COc1ccc(OC)c(C(O)c2ccncc2OC)c1. The molecule has 5 nitrogen and oxygen atoms in total. The van der Waals surface area contributed by atoms with Gasteiger partial charge in [0.2, 0.25) is 0 Å². The van der Waals surface area contributed by atoms with E-state index in [-0.39, 0.29) is 0 Å². The average Bonchev–Trinajstić information content (AvgIpc) is 2.53. The predicted molar refractivity (Wildman–Crippen MR) is 74.4 cm³/mol. The van der Waals surface area contributed by atoms with Gasteiger partial charge in [-0.25, -0.2) is 0 Å². The van der Waals surface area contributed by atoms with E-state index in [1.165, 1.54) is 7.11 Å².